The Morgan fingerprint density at radius 3 is 2.12 bits per heavy atom. The fourth-order valence-electron chi connectivity index (χ4n) is 4.84. The monoisotopic (exact) mass is 687 g/mol. The summed E-state index contributed by atoms with van der Waals surface area (Å²) in [5.41, 5.74) is 0.821. The first-order valence-corrected chi connectivity index (χ1v) is 17.3. The van der Waals surface area contributed by atoms with E-state index >= 15 is 0 Å². The quantitative estimate of drug-likeness (QED) is 0.0936. The van der Waals surface area contributed by atoms with E-state index in [4.69, 9.17) is 23.7 Å². The van der Waals surface area contributed by atoms with Crippen LogP contribution in [0.4, 0.5) is 0 Å². The van der Waals surface area contributed by atoms with E-state index < -0.39 is 17.8 Å². The molecule has 0 heterocycles. The smallest absolute Gasteiger partial charge is 0.307 e. The Morgan fingerprint density at radius 1 is 0.755 bits per heavy atom. The molecule has 0 fully saturated rings. The van der Waals surface area contributed by atoms with E-state index in [0.29, 0.717) is 59.1 Å². The molecule has 0 bridgehead atoms. The van der Waals surface area contributed by atoms with Gasteiger partial charge >= 0.3 is 5.97 Å². The molecule has 1 aliphatic rings. The van der Waals surface area contributed by atoms with Gasteiger partial charge in [-0.05, 0) is 37.7 Å². The molecule has 0 saturated carbocycles. The van der Waals surface area contributed by atoms with Crippen molar-refractivity contribution in [2.45, 2.75) is 83.2 Å². The minimum absolute atomic E-state index is 0.0240. The summed E-state index contributed by atoms with van der Waals surface area (Å²) in [6, 6.07) is 9.05. The first-order valence-electron chi connectivity index (χ1n) is 17.3. The summed E-state index contributed by atoms with van der Waals surface area (Å²) >= 11 is 0. The van der Waals surface area contributed by atoms with Crippen LogP contribution in [0.15, 0.2) is 30.3 Å². The zero-order valence-corrected chi connectivity index (χ0v) is 28.6. The molecule has 2 N–H and O–H groups in total. The summed E-state index contributed by atoms with van der Waals surface area (Å²) in [6.45, 7) is 2.85. The van der Waals surface area contributed by atoms with Crippen molar-refractivity contribution in [1.82, 2.24) is 5.32 Å². The van der Waals surface area contributed by atoms with Gasteiger partial charge in [-0.25, -0.2) is 0 Å². The van der Waals surface area contributed by atoms with Crippen molar-refractivity contribution < 1.29 is 52.8 Å². The topological polar surface area (TPSA) is 164 Å². The van der Waals surface area contributed by atoms with E-state index in [0.717, 1.165) is 37.7 Å². The highest BCUT2D eigenvalue weighted by Gasteiger charge is 2.22. The predicted molar refractivity (Wildman–Crippen MR) is 181 cm³/mol. The maximum Gasteiger partial charge on any atom is 0.307 e. The highest BCUT2D eigenvalue weighted by Crippen LogP contribution is 2.14. The Labute approximate surface area is 289 Å². The molecule has 1 amide bonds. The normalized spacial score (nSPS) is 14.9. The number of rotatable bonds is 29. The molecule has 12 nitrogen and oxygen atoms in total. The van der Waals surface area contributed by atoms with Crippen molar-refractivity contribution in [3.63, 3.8) is 0 Å². The second-order valence-electron chi connectivity index (χ2n) is 11.8. The lowest BCUT2D eigenvalue weighted by atomic mass is 9.94. The highest BCUT2D eigenvalue weighted by atomic mass is 16.6. The first kappa shape index (κ1) is 41.7. The van der Waals surface area contributed by atoms with Crippen molar-refractivity contribution in [2.75, 3.05) is 66.0 Å². The number of carbonyl (C=O) groups is 5. The first-order chi connectivity index (χ1) is 23.8. The van der Waals surface area contributed by atoms with Gasteiger partial charge < -0.3 is 34.1 Å². The van der Waals surface area contributed by atoms with Gasteiger partial charge in [0.1, 0.15) is 18.5 Å². The number of ether oxygens (including phenoxy) is 5. The molecule has 0 aliphatic heterocycles. The number of hydrogen-bond acceptors (Lipinski definition) is 10. The largest absolute Gasteiger partial charge is 0.481 e. The van der Waals surface area contributed by atoms with Crippen LogP contribution in [0.5, 0.6) is 0 Å². The summed E-state index contributed by atoms with van der Waals surface area (Å²) in [6.07, 6.45) is 6.28. The fourth-order valence-corrected chi connectivity index (χ4v) is 4.84. The summed E-state index contributed by atoms with van der Waals surface area (Å²) in [5, 5.41) is 11.9. The van der Waals surface area contributed by atoms with Gasteiger partial charge in [0.15, 0.2) is 11.6 Å². The van der Waals surface area contributed by atoms with Crippen LogP contribution in [0.3, 0.4) is 0 Å². The lowest BCUT2D eigenvalue weighted by Crippen LogP contribution is -2.32. The molecule has 1 aromatic carbocycles. The lowest BCUT2D eigenvalue weighted by molar-refractivity contribution is -0.143. The maximum absolute atomic E-state index is 12.2. The van der Waals surface area contributed by atoms with Gasteiger partial charge in [-0.15, -0.1) is 5.92 Å². The number of carboxylic acid groups (broad SMARTS) is 1. The molecule has 49 heavy (non-hydrogen) atoms. The van der Waals surface area contributed by atoms with Crippen LogP contribution >= 0.6 is 0 Å². The molecule has 1 aliphatic carbocycles. The van der Waals surface area contributed by atoms with E-state index in [-0.39, 0.29) is 75.3 Å². The van der Waals surface area contributed by atoms with E-state index in [1.165, 1.54) is 0 Å². The maximum atomic E-state index is 12.2. The van der Waals surface area contributed by atoms with Gasteiger partial charge in [0, 0.05) is 45.1 Å². The van der Waals surface area contributed by atoms with Gasteiger partial charge in [-0.2, -0.15) is 0 Å². The summed E-state index contributed by atoms with van der Waals surface area (Å²) in [7, 11) is 0. The van der Waals surface area contributed by atoms with Crippen LogP contribution < -0.4 is 5.32 Å². The molecule has 2 atom stereocenters. The number of amides is 1. The Balaban J connectivity index is 1.34. The minimum Gasteiger partial charge on any atom is -0.481 e. The average Bonchev–Trinajstić information content (AvgIpc) is 3.07. The summed E-state index contributed by atoms with van der Waals surface area (Å²) < 4.78 is 27.5. The zero-order valence-electron chi connectivity index (χ0n) is 28.6. The SMILES string of the molecule is O=C(CCOCCOCCOCCOCCCC(=O)COC1C#CCCCCC1)CCC(=O)NCC(=O)C[C@@H](Cc1ccccc1)C(=O)O. The Bertz CT molecular complexity index is 1180. The van der Waals surface area contributed by atoms with E-state index in [2.05, 4.69) is 17.2 Å². The van der Waals surface area contributed by atoms with Crippen LogP contribution in [-0.2, 0) is 54.1 Å². The van der Waals surface area contributed by atoms with Crippen LogP contribution in [0, 0.1) is 17.8 Å². The number of hydrogen-bond donors (Lipinski definition) is 2. The van der Waals surface area contributed by atoms with Gasteiger partial charge in [-0.1, -0.05) is 42.7 Å². The molecular formula is C37H53NO11. The molecule has 0 aromatic heterocycles. The third-order valence-electron chi connectivity index (χ3n) is 7.62. The van der Waals surface area contributed by atoms with Crippen molar-refractivity contribution in [2.24, 2.45) is 5.92 Å². The second kappa shape index (κ2) is 27.4. The zero-order chi connectivity index (χ0) is 35.4. The van der Waals surface area contributed by atoms with Crippen molar-refractivity contribution in [3.8, 4) is 11.8 Å². The molecule has 0 radical (unpaired) electrons. The van der Waals surface area contributed by atoms with Crippen LogP contribution in [0.2, 0.25) is 0 Å². The standard InChI is InChI=1S/C37H53NO11/c39-32(15-16-36(42)38-28-34(41)27-31(37(43)44)26-30-10-5-4-6-11-30)17-19-46-21-23-48-25-24-47-22-20-45-18-9-12-33(40)29-49-35-13-7-2-1-3-8-14-35/h4-6,10-11,31,35H,1-3,7,9,12-13,15-29H2,(H,38,42)(H,43,44)/t31-,35?/m1/s1. The molecule has 0 spiro atoms. The number of nitrogens with one attached hydrogen (secondary N) is 1. The molecule has 1 unspecified atom stereocenters. The van der Waals surface area contributed by atoms with Gasteiger partial charge in [0.2, 0.25) is 5.91 Å². The van der Waals surface area contributed by atoms with Crippen molar-refractivity contribution in [3.05, 3.63) is 35.9 Å². The molecule has 0 saturated heterocycles. The minimum atomic E-state index is -1.06. The number of carboxylic acids is 1. The molecule has 2 rings (SSSR count). The lowest BCUT2D eigenvalue weighted by Gasteiger charge is -2.13. The third kappa shape index (κ3) is 22.7. The predicted octanol–water partition coefficient (Wildman–Crippen LogP) is 3.51. The molecular weight excluding hydrogens is 634 g/mol. The molecule has 1 aromatic rings. The van der Waals surface area contributed by atoms with Crippen LogP contribution in [-0.4, -0.2) is 106 Å². The number of ketones is 3. The Hall–Kier alpha value is -3.47. The Morgan fingerprint density at radius 2 is 1.43 bits per heavy atom. The van der Waals surface area contributed by atoms with Crippen molar-refractivity contribution in [1.29, 1.82) is 0 Å². The van der Waals surface area contributed by atoms with E-state index in [1.54, 1.807) is 24.3 Å². The molecule has 272 valence electrons. The van der Waals surface area contributed by atoms with Crippen molar-refractivity contribution >= 4 is 29.2 Å². The van der Waals surface area contributed by atoms with Gasteiger partial charge in [-0.3, -0.25) is 24.0 Å². The third-order valence-corrected chi connectivity index (χ3v) is 7.62. The number of aliphatic carboxylic acids is 1. The van der Waals surface area contributed by atoms with Crippen LogP contribution in [0.1, 0.15) is 76.2 Å². The average molecular weight is 688 g/mol. The van der Waals surface area contributed by atoms with Gasteiger partial charge in [0.05, 0.1) is 58.7 Å². The number of Topliss-reactive ketones (excluding diaryl/α,β-unsaturated/α-hetero) is 3. The fraction of sp³-hybridized carbons (Fsp3) is 0.649. The second-order valence-corrected chi connectivity index (χ2v) is 11.8. The number of benzene rings is 1. The van der Waals surface area contributed by atoms with E-state index in [9.17, 15) is 29.1 Å². The summed E-state index contributed by atoms with van der Waals surface area (Å²) in [4.78, 5) is 59.9. The Kier molecular flexibility index (Phi) is 23.3. The highest BCUT2D eigenvalue weighted by molar-refractivity contribution is 5.90. The molecule has 12 heteroatoms. The van der Waals surface area contributed by atoms with E-state index in [1.807, 2.05) is 6.07 Å². The summed E-state index contributed by atoms with van der Waals surface area (Å²) in [5.74, 6) is 3.39. The van der Waals surface area contributed by atoms with Gasteiger partial charge in [0.25, 0.3) is 0 Å². The van der Waals surface area contributed by atoms with Crippen LogP contribution in [0.25, 0.3) is 0 Å². The number of carbonyl (C=O) groups excluding carboxylic acids is 4.